The molecule has 2 aromatic rings. The Morgan fingerprint density at radius 2 is 1.95 bits per heavy atom. The summed E-state index contributed by atoms with van der Waals surface area (Å²) >= 11 is 0. The number of carboxylic acid groups (broad SMARTS) is 1. The molecule has 0 fully saturated rings. The van der Waals surface area contributed by atoms with Gasteiger partial charge in [0.2, 0.25) is 0 Å². The van der Waals surface area contributed by atoms with Crippen molar-refractivity contribution in [3.05, 3.63) is 35.8 Å². The molecule has 100 valence electrons. The highest BCUT2D eigenvalue weighted by Gasteiger charge is 2.12. The molecule has 0 spiro atoms. The first-order chi connectivity index (χ1) is 9.08. The van der Waals surface area contributed by atoms with Crippen LogP contribution in [-0.2, 0) is 4.79 Å². The minimum Gasteiger partial charge on any atom is -0.481 e. The van der Waals surface area contributed by atoms with E-state index in [1.165, 1.54) is 12.1 Å². The molecule has 1 heterocycles. The molecule has 0 aliphatic rings. The normalized spacial score (nSPS) is 10.8. The van der Waals surface area contributed by atoms with E-state index < -0.39 is 5.97 Å². The number of Topliss-reactive ketones (excluding diaryl/α,β-unsaturated/α-hetero) is 1. The zero-order valence-electron chi connectivity index (χ0n) is 10.3. The highest BCUT2D eigenvalue weighted by atomic mass is 19.1. The lowest BCUT2D eigenvalue weighted by Gasteiger charge is -1.99. The average Bonchev–Trinajstić information content (AvgIpc) is 2.77. The van der Waals surface area contributed by atoms with E-state index in [2.05, 4.69) is 4.98 Å². The summed E-state index contributed by atoms with van der Waals surface area (Å²) < 4.78 is 13.2. The number of carbonyl (C=O) groups excluding carboxylic acids is 1. The van der Waals surface area contributed by atoms with Gasteiger partial charge in [0.15, 0.2) is 5.78 Å². The third-order valence-electron chi connectivity index (χ3n) is 2.99. The Hall–Kier alpha value is -2.17. The Morgan fingerprint density at radius 3 is 2.68 bits per heavy atom. The molecule has 19 heavy (non-hydrogen) atoms. The number of aromatic amines is 1. The molecule has 0 unspecified atom stereocenters. The van der Waals surface area contributed by atoms with Gasteiger partial charge in [0.05, 0.1) is 0 Å². The molecule has 5 heteroatoms. The van der Waals surface area contributed by atoms with Crippen molar-refractivity contribution in [3.8, 4) is 0 Å². The van der Waals surface area contributed by atoms with E-state index in [9.17, 15) is 14.0 Å². The first kappa shape index (κ1) is 13.3. The molecule has 0 aliphatic heterocycles. The Bertz CT molecular complexity index is 618. The van der Waals surface area contributed by atoms with E-state index in [1.807, 2.05) is 0 Å². The van der Waals surface area contributed by atoms with Gasteiger partial charge in [-0.05, 0) is 31.0 Å². The third-order valence-corrected chi connectivity index (χ3v) is 2.99. The average molecular weight is 263 g/mol. The second-order valence-corrected chi connectivity index (χ2v) is 4.42. The minimum atomic E-state index is -0.860. The van der Waals surface area contributed by atoms with Crippen molar-refractivity contribution >= 4 is 22.7 Å². The van der Waals surface area contributed by atoms with Crippen LogP contribution in [-0.4, -0.2) is 21.8 Å². The number of ketones is 1. The maximum Gasteiger partial charge on any atom is 0.303 e. The lowest BCUT2D eigenvalue weighted by atomic mass is 10.0. The van der Waals surface area contributed by atoms with Gasteiger partial charge in [0, 0.05) is 35.5 Å². The number of unbranched alkanes of at least 4 members (excludes halogenated alkanes) is 1. The second kappa shape index (κ2) is 5.65. The molecule has 4 nitrogen and oxygen atoms in total. The Kier molecular flexibility index (Phi) is 3.94. The van der Waals surface area contributed by atoms with Crippen molar-refractivity contribution in [2.75, 3.05) is 0 Å². The molecule has 1 aromatic carbocycles. The topological polar surface area (TPSA) is 70.2 Å². The van der Waals surface area contributed by atoms with Crippen molar-refractivity contribution in [2.24, 2.45) is 0 Å². The van der Waals surface area contributed by atoms with Crippen LogP contribution in [0.25, 0.3) is 10.9 Å². The lowest BCUT2D eigenvalue weighted by Crippen LogP contribution is -2.00. The molecule has 2 rings (SSSR count). The van der Waals surface area contributed by atoms with Gasteiger partial charge in [0.25, 0.3) is 0 Å². The minimum absolute atomic E-state index is 0.0653. The van der Waals surface area contributed by atoms with Crippen molar-refractivity contribution in [3.63, 3.8) is 0 Å². The van der Waals surface area contributed by atoms with Crippen molar-refractivity contribution in [1.29, 1.82) is 0 Å². The standard InChI is InChI=1S/C14H14FNO3/c15-9-5-6-12-10(7-9)11(8-16-12)13(17)3-1-2-4-14(18)19/h5-8,16H,1-4H2,(H,18,19). The number of carboxylic acids is 1. The second-order valence-electron chi connectivity index (χ2n) is 4.42. The fraction of sp³-hybridized carbons (Fsp3) is 0.286. The molecule has 0 bridgehead atoms. The van der Waals surface area contributed by atoms with Crippen LogP contribution in [0.1, 0.15) is 36.0 Å². The van der Waals surface area contributed by atoms with Gasteiger partial charge in [-0.2, -0.15) is 0 Å². The highest BCUT2D eigenvalue weighted by molar-refractivity contribution is 6.07. The summed E-state index contributed by atoms with van der Waals surface area (Å²) in [6, 6.07) is 4.25. The summed E-state index contributed by atoms with van der Waals surface area (Å²) in [5.41, 5.74) is 1.18. The van der Waals surface area contributed by atoms with Crippen LogP contribution in [0.3, 0.4) is 0 Å². The van der Waals surface area contributed by atoms with Crippen LogP contribution in [0.4, 0.5) is 4.39 Å². The van der Waals surface area contributed by atoms with Crippen LogP contribution < -0.4 is 0 Å². The van der Waals surface area contributed by atoms with E-state index >= 15 is 0 Å². The number of aromatic nitrogens is 1. The summed E-state index contributed by atoms with van der Waals surface area (Å²) in [7, 11) is 0. The summed E-state index contributed by atoms with van der Waals surface area (Å²) in [6.07, 6.45) is 2.90. The van der Waals surface area contributed by atoms with E-state index in [4.69, 9.17) is 5.11 Å². The van der Waals surface area contributed by atoms with E-state index in [-0.39, 0.29) is 24.4 Å². The van der Waals surface area contributed by atoms with Crippen LogP contribution in [0.5, 0.6) is 0 Å². The first-order valence-electron chi connectivity index (χ1n) is 6.09. The van der Waals surface area contributed by atoms with Crippen molar-refractivity contribution < 1.29 is 19.1 Å². The Labute approximate surface area is 109 Å². The molecule has 0 saturated carbocycles. The Balaban J connectivity index is 2.05. The zero-order valence-corrected chi connectivity index (χ0v) is 10.3. The molecule has 0 amide bonds. The van der Waals surface area contributed by atoms with Crippen LogP contribution >= 0.6 is 0 Å². The number of fused-ring (bicyclic) bond motifs is 1. The molecule has 1 aromatic heterocycles. The number of carbonyl (C=O) groups is 2. The number of nitrogens with one attached hydrogen (secondary N) is 1. The summed E-state index contributed by atoms with van der Waals surface area (Å²) in [6.45, 7) is 0. The van der Waals surface area contributed by atoms with Crippen molar-refractivity contribution in [1.82, 2.24) is 4.98 Å². The predicted molar refractivity (Wildman–Crippen MR) is 68.7 cm³/mol. The summed E-state index contributed by atoms with van der Waals surface area (Å²) in [5.74, 6) is -1.34. The third kappa shape index (κ3) is 3.19. The fourth-order valence-corrected chi connectivity index (χ4v) is 2.02. The fourth-order valence-electron chi connectivity index (χ4n) is 2.02. The Morgan fingerprint density at radius 1 is 1.21 bits per heavy atom. The number of benzene rings is 1. The monoisotopic (exact) mass is 263 g/mol. The molecule has 0 saturated heterocycles. The first-order valence-corrected chi connectivity index (χ1v) is 6.09. The van der Waals surface area contributed by atoms with Crippen LogP contribution in [0, 0.1) is 5.82 Å². The molecule has 0 radical (unpaired) electrons. The van der Waals surface area contributed by atoms with Gasteiger partial charge in [-0.1, -0.05) is 0 Å². The van der Waals surface area contributed by atoms with E-state index in [0.717, 1.165) is 5.52 Å². The largest absolute Gasteiger partial charge is 0.481 e. The maximum absolute atomic E-state index is 13.2. The highest BCUT2D eigenvalue weighted by Crippen LogP contribution is 2.21. The molecule has 2 N–H and O–H groups in total. The van der Waals surface area contributed by atoms with E-state index in [1.54, 1.807) is 12.3 Å². The number of aliphatic carboxylic acids is 1. The van der Waals surface area contributed by atoms with Crippen molar-refractivity contribution in [2.45, 2.75) is 25.7 Å². The SMILES string of the molecule is O=C(O)CCCCC(=O)c1c[nH]c2ccc(F)cc12. The number of rotatable bonds is 6. The van der Waals surface area contributed by atoms with Gasteiger partial charge < -0.3 is 10.1 Å². The quantitative estimate of drug-likeness (QED) is 0.621. The van der Waals surface area contributed by atoms with E-state index in [0.29, 0.717) is 23.8 Å². The van der Waals surface area contributed by atoms with Gasteiger partial charge in [-0.15, -0.1) is 0 Å². The number of hydrogen-bond donors (Lipinski definition) is 2. The smallest absolute Gasteiger partial charge is 0.303 e. The predicted octanol–water partition coefficient (Wildman–Crippen LogP) is 3.13. The van der Waals surface area contributed by atoms with Crippen LogP contribution in [0.15, 0.2) is 24.4 Å². The lowest BCUT2D eigenvalue weighted by molar-refractivity contribution is -0.137. The van der Waals surface area contributed by atoms with Gasteiger partial charge in [-0.3, -0.25) is 9.59 Å². The number of hydrogen-bond acceptors (Lipinski definition) is 2. The molecular formula is C14H14FNO3. The maximum atomic E-state index is 13.2. The van der Waals surface area contributed by atoms with Crippen LogP contribution in [0.2, 0.25) is 0 Å². The zero-order chi connectivity index (χ0) is 13.8. The number of halogens is 1. The molecular weight excluding hydrogens is 249 g/mol. The number of H-pyrrole nitrogens is 1. The summed E-state index contributed by atoms with van der Waals surface area (Å²) in [4.78, 5) is 25.3. The molecule has 0 atom stereocenters. The van der Waals surface area contributed by atoms with Gasteiger partial charge in [0.1, 0.15) is 5.82 Å². The summed E-state index contributed by atoms with van der Waals surface area (Å²) in [5, 5.41) is 9.08. The molecule has 0 aliphatic carbocycles. The van der Waals surface area contributed by atoms with Gasteiger partial charge in [-0.25, -0.2) is 4.39 Å². The van der Waals surface area contributed by atoms with Gasteiger partial charge >= 0.3 is 5.97 Å².